The minimum absolute atomic E-state index is 0.207. The first-order valence-corrected chi connectivity index (χ1v) is 9.13. The predicted octanol–water partition coefficient (Wildman–Crippen LogP) is 2.94. The van der Waals surface area contributed by atoms with E-state index in [1.54, 1.807) is 12.1 Å². The highest BCUT2D eigenvalue weighted by Crippen LogP contribution is 2.27. The lowest BCUT2D eigenvalue weighted by Gasteiger charge is -2.14. The molecule has 3 rings (SSSR count). The summed E-state index contributed by atoms with van der Waals surface area (Å²) in [4.78, 5) is 31.5. The molecule has 2 aromatic carbocycles. The molecule has 8 nitrogen and oxygen atoms in total. The Labute approximate surface area is 175 Å². The number of rotatable bonds is 6. The number of amides is 1. The Balaban J connectivity index is 1.87. The van der Waals surface area contributed by atoms with Gasteiger partial charge < -0.3 is 21.3 Å². The molecule has 1 amide bonds. The lowest BCUT2D eigenvalue weighted by molar-refractivity contribution is -0.124. The number of carboxylic acid groups (broad SMARTS) is 1. The van der Waals surface area contributed by atoms with Crippen LogP contribution >= 0.6 is 0 Å². The number of halogens is 2. The zero-order valence-corrected chi connectivity index (χ0v) is 16.3. The Hall–Kier alpha value is -3.92. The van der Waals surface area contributed by atoms with E-state index < -0.39 is 29.6 Å². The second kappa shape index (κ2) is 8.84. The number of aliphatic hydroxyl groups is 1. The van der Waals surface area contributed by atoms with Crippen molar-refractivity contribution in [1.29, 1.82) is 0 Å². The third-order valence-corrected chi connectivity index (χ3v) is 4.48. The van der Waals surface area contributed by atoms with Gasteiger partial charge in [0.25, 0.3) is 5.91 Å². The number of hydrogen-bond acceptors (Lipinski definition) is 6. The molecule has 1 aromatic heterocycles. The third-order valence-electron chi connectivity index (χ3n) is 4.48. The van der Waals surface area contributed by atoms with Gasteiger partial charge in [-0.1, -0.05) is 13.0 Å². The monoisotopic (exact) mass is 428 g/mol. The van der Waals surface area contributed by atoms with Crippen molar-refractivity contribution in [3.63, 3.8) is 0 Å². The van der Waals surface area contributed by atoms with Crippen molar-refractivity contribution in [2.45, 2.75) is 19.4 Å². The van der Waals surface area contributed by atoms with E-state index in [-0.39, 0.29) is 22.8 Å². The number of nitrogen functional groups attached to an aromatic ring is 1. The summed E-state index contributed by atoms with van der Waals surface area (Å²) >= 11 is 0. The van der Waals surface area contributed by atoms with Crippen LogP contribution in [0, 0.1) is 11.6 Å². The molecular formula is C21H18F2N4O4. The molecule has 0 spiro atoms. The van der Waals surface area contributed by atoms with E-state index in [0.29, 0.717) is 29.3 Å². The highest BCUT2D eigenvalue weighted by molar-refractivity contribution is 5.95. The highest BCUT2D eigenvalue weighted by atomic mass is 19.1. The Morgan fingerprint density at radius 3 is 2.45 bits per heavy atom. The third kappa shape index (κ3) is 4.81. The summed E-state index contributed by atoms with van der Waals surface area (Å²) in [6.45, 7) is 1.84. The number of nitrogens with zero attached hydrogens (tertiary/aromatic N) is 2. The van der Waals surface area contributed by atoms with Crippen LogP contribution < -0.4 is 11.1 Å². The van der Waals surface area contributed by atoms with E-state index in [2.05, 4.69) is 15.3 Å². The van der Waals surface area contributed by atoms with Gasteiger partial charge in [0.1, 0.15) is 11.6 Å². The van der Waals surface area contributed by atoms with Crippen molar-refractivity contribution in [2.24, 2.45) is 0 Å². The molecule has 1 unspecified atom stereocenters. The van der Waals surface area contributed by atoms with Gasteiger partial charge in [-0.2, -0.15) is 0 Å². The van der Waals surface area contributed by atoms with Crippen molar-refractivity contribution in [3.8, 4) is 11.3 Å². The maximum atomic E-state index is 13.3. The lowest BCUT2D eigenvalue weighted by atomic mass is 10.0. The van der Waals surface area contributed by atoms with Crippen molar-refractivity contribution >= 4 is 23.4 Å². The van der Waals surface area contributed by atoms with Crippen molar-refractivity contribution in [2.75, 3.05) is 11.1 Å². The summed E-state index contributed by atoms with van der Waals surface area (Å²) < 4.78 is 26.7. The molecule has 0 aliphatic heterocycles. The SMILES string of the molecule is CCc1cc(NC(=O)C(O)c2cc(F)cc(F)c2)ccc1-c1cnc(N)c(C(=O)O)n1. The molecule has 0 aliphatic carbocycles. The van der Waals surface area contributed by atoms with Gasteiger partial charge in [-0.25, -0.2) is 23.5 Å². The maximum absolute atomic E-state index is 13.3. The molecule has 5 N–H and O–H groups in total. The maximum Gasteiger partial charge on any atom is 0.358 e. The molecule has 0 aliphatic rings. The minimum Gasteiger partial charge on any atom is -0.476 e. The van der Waals surface area contributed by atoms with E-state index >= 15 is 0 Å². The first-order valence-electron chi connectivity index (χ1n) is 9.13. The number of carbonyl (C=O) groups is 2. The lowest BCUT2D eigenvalue weighted by Crippen LogP contribution is -2.21. The Morgan fingerprint density at radius 1 is 1.16 bits per heavy atom. The van der Waals surface area contributed by atoms with Crippen LogP contribution in [0.4, 0.5) is 20.3 Å². The quantitative estimate of drug-likeness (QED) is 0.473. The fraction of sp³-hybridized carbons (Fsp3) is 0.143. The number of nitrogens with one attached hydrogen (secondary N) is 1. The van der Waals surface area contributed by atoms with Gasteiger partial charge in [0, 0.05) is 17.3 Å². The van der Waals surface area contributed by atoms with Crippen LogP contribution in [0.3, 0.4) is 0 Å². The summed E-state index contributed by atoms with van der Waals surface area (Å²) in [5.41, 5.74) is 6.85. The topological polar surface area (TPSA) is 138 Å². The summed E-state index contributed by atoms with van der Waals surface area (Å²) in [5, 5.41) is 21.8. The smallest absolute Gasteiger partial charge is 0.358 e. The average molecular weight is 428 g/mol. The molecule has 1 heterocycles. The first kappa shape index (κ1) is 21.8. The zero-order valence-electron chi connectivity index (χ0n) is 16.3. The molecule has 3 aromatic rings. The molecule has 0 saturated carbocycles. The molecule has 0 radical (unpaired) electrons. The van der Waals surface area contributed by atoms with Crippen LogP contribution in [-0.2, 0) is 11.2 Å². The van der Waals surface area contributed by atoms with Crippen LogP contribution in [0.2, 0.25) is 0 Å². The average Bonchev–Trinajstić information content (AvgIpc) is 2.72. The van der Waals surface area contributed by atoms with Gasteiger partial charge >= 0.3 is 5.97 Å². The number of carbonyl (C=O) groups excluding carboxylic acids is 1. The molecule has 0 fully saturated rings. The molecule has 0 bridgehead atoms. The number of hydrogen-bond donors (Lipinski definition) is 4. The van der Waals surface area contributed by atoms with E-state index in [1.165, 1.54) is 12.3 Å². The van der Waals surface area contributed by atoms with Gasteiger partial charge in [-0.05, 0) is 41.8 Å². The van der Waals surface area contributed by atoms with Gasteiger partial charge in [-0.3, -0.25) is 4.79 Å². The van der Waals surface area contributed by atoms with Crippen molar-refractivity contribution in [1.82, 2.24) is 9.97 Å². The molecule has 10 heteroatoms. The predicted molar refractivity (Wildman–Crippen MR) is 108 cm³/mol. The van der Waals surface area contributed by atoms with E-state index in [0.717, 1.165) is 12.1 Å². The van der Waals surface area contributed by atoms with E-state index in [4.69, 9.17) is 5.73 Å². The van der Waals surface area contributed by atoms with Gasteiger partial charge in [-0.15, -0.1) is 0 Å². The fourth-order valence-electron chi connectivity index (χ4n) is 2.99. The number of nitrogens with two attached hydrogens (primary N) is 1. The molecule has 0 saturated heterocycles. The van der Waals surface area contributed by atoms with Crippen molar-refractivity contribution in [3.05, 3.63) is 71.1 Å². The number of aromatic carboxylic acids is 1. The van der Waals surface area contributed by atoms with Crippen LogP contribution in [-0.4, -0.2) is 32.1 Å². The molecular weight excluding hydrogens is 410 g/mol. The van der Waals surface area contributed by atoms with E-state index in [9.17, 15) is 28.6 Å². The normalized spacial score (nSPS) is 11.7. The standard InChI is InChI=1S/C21H18F2N4O4/c1-2-10-7-14(26-20(29)18(28)11-5-12(22)8-13(23)6-11)3-4-15(10)16-9-25-19(24)17(27-16)21(30)31/h3-9,18,28H,2H2,1H3,(H2,24,25)(H,26,29)(H,30,31). The molecule has 31 heavy (non-hydrogen) atoms. The summed E-state index contributed by atoms with van der Waals surface area (Å²) in [6.07, 6.45) is 0.0677. The number of aliphatic hydroxyl groups excluding tert-OH is 1. The van der Waals surface area contributed by atoms with Crippen LogP contribution in [0.25, 0.3) is 11.3 Å². The summed E-state index contributed by atoms with van der Waals surface area (Å²) in [6, 6.07) is 7.11. The second-order valence-electron chi connectivity index (χ2n) is 6.61. The van der Waals surface area contributed by atoms with Gasteiger partial charge in [0.15, 0.2) is 17.6 Å². The number of aromatic nitrogens is 2. The van der Waals surface area contributed by atoms with Crippen LogP contribution in [0.1, 0.15) is 34.6 Å². The summed E-state index contributed by atoms with van der Waals surface area (Å²) in [7, 11) is 0. The summed E-state index contributed by atoms with van der Waals surface area (Å²) in [5.74, 6) is -4.22. The molecule has 1 atom stereocenters. The molecule has 160 valence electrons. The Morgan fingerprint density at radius 2 is 1.84 bits per heavy atom. The Bertz CT molecular complexity index is 1150. The van der Waals surface area contributed by atoms with Gasteiger partial charge in [0.05, 0.1) is 11.9 Å². The Kier molecular flexibility index (Phi) is 6.21. The fourth-order valence-corrected chi connectivity index (χ4v) is 2.99. The van der Waals surface area contributed by atoms with Crippen LogP contribution in [0.5, 0.6) is 0 Å². The van der Waals surface area contributed by atoms with E-state index in [1.807, 2.05) is 6.92 Å². The number of aryl methyl sites for hydroxylation is 1. The van der Waals surface area contributed by atoms with Crippen LogP contribution in [0.15, 0.2) is 42.6 Å². The minimum atomic E-state index is -1.78. The zero-order chi connectivity index (χ0) is 22.7. The number of carboxylic acids is 1. The first-order chi connectivity index (χ1) is 14.7. The second-order valence-corrected chi connectivity index (χ2v) is 6.61. The highest BCUT2D eigenvalue weighted by Gasteiger charge is 2.20. The largest absolute Gasteiger partial charge is 0.476 e. The number of anilines is 2. The number of benzene rings is 2. The van der Waals surface area contributed by atoms with Crippen molar-refractivity contribution < 1.29 is 28.6 Å². The van der Waals surface area contributed by atoms with Gasteiger partial charge in [0.2, 0.25) is 0 Å².